The van der Waals surface area contributed by atoms with Crippen LogP contribution in [0.15, 0.2) is 21.9 Å². The van der Waals surface area contributed by atoms with Crippen LogP contribution >= 0.6 is 11.3 Å². The Morgan fingerprint density at radius 3 is 3.12 bits per heavy atom. The summed E-state index contributed by atoms with van der Waals surface area (Å²) < 4.78 is 11.6. The minimum atomic E-state index is 0.143. The smallest absolute Gasteiger partial charge is 0.236 e. The normalized spacial score (nSPS) is 24.0. The van der Waals surface area contributed by atoms with E-state index in [0.717, 1.165) is 29.2 Å². The van der Waals surface area contributed by atoms with Gasteiger partial charge in [0.25, 0.3) is 0 Å². The monoisotopic (exact) mass is 346 g/mol. The number of hydrogen-bond acceptors (Lipinski definition) is 5. The summed E-state index contributed by atoms with van der Waals surface area (Å²) in [6.45, 7) is 3.22. The quantitative estimate of drug-likeness (QED) is 0.854. The fraction of sp³-hybridized carbons (Fsp3) is 0.556. The third kappa shape index (κ3) is 3.00. The van der Waals surface area contributed by atoms with Gasteiger partial charge in [-0.15, -0.1) is 11.3 Å². The average molecular weight is 346 g/mol. The Morgan fingerprint density at radius 1 is 1.42 bits per heavy atom. The molecule has 24 heavy (non-hydrogen) atoms. The number of ether oxygens (including phenoxy) is 1. The number of carbonyl (C=O) groups is 1. The second-order valence-electron chi connectivity index (χ2n) is 6.52. The largest absolute Gasteiger partial charge is 0.440 e. The Bertz CT molecular complexity index is 708. The summed E-state index contributed by atoms with van der Waals surface area (Å²) in [5.74, 6) is 1.49. The predicted molar refractivity (Wildman–Crippen MR) is 92.0 cm³/mol. The first kappa shape index (κ1) is 15.8. The van der Waals surface area contributed by atoms with E-state index in [2.05, 4.69) is 4.98 Å². The molecule has 2 aromatic heterocycles. The summed E-state index contributed by atoms with van der Waals surface area (Å²) in [7, 11) is 0. The molecule has 6 heteroatoms. The van der Waals surface area contributed by atoms with E-state index in [4.69, 9.17) is 9.15 Å². The molecule has 1 saturated carbocycles. The van der Waals surface area contributed by atoms with Crippen LogP contribution in [0.5, 0.6) is 0 Å². The minimum Gasteiger partial charge on any atom is -0.440 e. The molecule has 3 heterocycles. The number of carbonyl (C=O) groups excluding carboxylic acids is 1. The van der Waals surface area contributed by atoms with Crippen LogP contribution in [-0.2, 0) is 16.0 Å². The standard InChI is InChI=1S/C18H22N2O3S/c1-12-13(19-18(23-12)16-7-4-10-24-16)11-17(21)20-8-9-22-15-6-3-2-5-14(15)20/h4,7,10,14-15H,2-3,5-6,8-9,11H2,1H3. The van der Waals surface area contributed by atoms with Gasteiger partial charge in [0.2, 0.25) is 11.8 Å². The maximum Gasteiger partial charge on any atom is 0.236 e. The number of oxazole rings is 1. The lowest BCUT2D eigenvalue weighted by Gasteiger charge is -2.43. The number of aryl methyl sites for hydroxylation is 1. The third-order valence-electron chi connectivity index (χ3n) is 5.00. The van der Waals surface area contributed by atoms with Gasteiger partial charge in [0.1, 0.15) is 5.76 Å². The van der Waals surface area contributed by atoms with Crippen molar-refractivity contribution in [3.63, 3.8) is 0 Å². The second-order valence-corrected chi connectivity index (χ2v) is 7.47. The van der Waals surface area contributed by atoms with E-state index in [0.29, 0.717) is 25.5 Å². The lowest BCUT2D eigenvalue weighted by atomic mass is 9.90. The molecule has 1 aliphatic heterocycles. The zero-order valence-corrected chi connectivity index (χ0v) is 14.7. The molecule has 0 aromatic carbocycles. The van der Waals surface area contributed by atoms with E-state index in [1.54, 1.807) is 11.3 Å². The molecule has 5 nitrogen and oxygen atoms in total. The minimum absolute atomic E-state index is 0.143. The fourth-order valence-electron chi connectivity index (χ4n) is 3.75. The molecular weight excluding hydrogens is 324 g/mol. The maximum atomic E-state index is 12.9. The van der Waals surface area contributed by atoms with Crippen molar-refractivity contribution >= 4 is 17.2 Å². The topological polar surface area (TPSA) is 55.6 Å². The van der Waals surface area contributed by atoms with Gasteiger partial charge in [-0.3, -0.25) is 4.79 Å². The van der Waals surface area contributed by atoms with Crippen LogP contribution < -0.4 is 0 Å². The number of amides is 1. The molecule has 0 spiro atoms. The molecule has 2 atom stereocenters. The molecule has 2 aliphatic rings. The van der Waals surface area contributed by atoms with Crippen molar-refractivity contribution in [3.05, 3.63) is 29.0 Å². The Morgan fingerprint density at radius 2 is 2.29 bits per heavy atom. The van der Waals surface area contributed by atoms with Crippen LogP contribution in [0.3, 0.4) is 0 Å². The summed E-state index contributed by atoms with van der Waals surface area (Å²) in [5, 5.41) is 2.00. The SMILES string of the molecule is Cc1oc(-c2cccs2)nc1CC(=O)N1CCOC2CCCCC21. The Hall–Kier alpha value is -1.66. The number of rotatable bonds is 3. The first-order chi connectivity index (χ1) is 11.7. The van der Waals surface area contributed by atoms with E-state index in [-0.39, 0.29) is 18.1 Å². The molecule has 0 bridgehead atoms. The molecule has 1 aliphatic carbocycles. The first-order valence-electron chi connectivity index (χ1n) is 8.63. The molecule has 2 fully saturated rings. The lowest BCUT2D eigenvalue weighted by molar-refractivity contribution is -0.148. The lowest BCUT2D eigenvalue weighted by Crippen LogP contribution is -2.55. The number of hydrogen-bond donors (Lipinski definition) is 0. The van der Waals surface area contributed by atoms with Crippen LogP contribution in [0.1, 0.15) is 37.1 Å². The van der Waals surface area contributed by atoms with E-state index in [9.17, 15) is 4.79 Å². The van der Waals surface area contributed by atoms with E-state index >= 15 is 0 Å². The van der Waals surface area contributed by atoms with Crippen LogP contribution in [-0.4, -0.2) is 41.1 Å². The highest BCUT2D eigenvalue weighted by Crippen LogP contribution is 2.30. The highest BCUT2D eigenvalue weighted by Gasteiger charge is 2.36. The number of aromatic nitrogens is 1. The van der Waals surface area contributed by atoms with Gasteiger partial charge in [0.15, 0.2) is 0 Å². The zero-order chi connectivity index (χ0) is 16.5. The molecule has 2 aromatic rings. The Labute approximate surface area is 145 Å². The van der Waals surface area contributed by atoms with Gasteiger partial charge in [0.05, 0.1) is 35.7 Å². The van der Waals surface area contributed by atoms with Crippen molar-refractivity contribution in [1.29, 1.82) is 0 Å². The van der Waals surface area contributed by atoms with Crippen LogP contribution in [0.2, 0.25) is 0 Å². The van der Waals surface area contributed by atoms with E-state index in [1.165, 1.54) is 12.8 Å². The van der Waals surface area contributed by atoms with E-state index < -0.39 is 0 Å². The summed E-state index contributed by atoms with van der Waals surface area (Å²) in [4.78, 5) is 20.4. The van der Waals surface area contributed by atoms with Gasteiger partial charge in [0, 0.05) is 6.54 Å². The van der Waals surface area contributed by atoms with Gasteiger partial charge in [-0.25, -0.2) is 4.98 Å². The van der Waals surface area contributed by atoms with Crippen molar-refractivity contribution in [2.75, 3.05) is 13.2 Å². The Balaban J connectivity index is 1.49. The van der Waals surface area contributed by atoms with Crippen molar-refractivity contribution in [1.82, 2.24) is 9.88 Å². The van der Waals surface area contributed by atoms with Gasteiger partial charge in [-0.1, -0.05) is 18.9 Å². The molecule has 0 N–H and O–H groups in total. The van der Waals surface area contributed by atoms with Gasteiger partial charge in [-0.05, 0) is 31.2 Å². The van der Waals surface area contributed by atoms with Gasteiger partial charge < -0.3 is 14.1 Å². The van der Waals surface area contributed by atoms with Crippen molar-refractivity contribution in [2.45, 2.75) is 51.2 Å². The van der Waals surface area contributed by atoms with Crippen molar-refractivity contribution in [3.8, 4) is 10.8 Å². The molecular formula is C18H22N2O3S. The summed E-state index contributed by atoms with van der Waals surface area (Å²) in [5.41, 5.74) is 0.752. The molecule has 1 amide bonds. The number of thiophene rings is 1. The maximum absolute atomic E-state index is 12.9. The molecule has 128 valence electrons. The summed E-state index contributed by atoms with van der Waals surface area (Å²) in [6, 6.07) is 4.20. The zero-order valence-electron chi connectivity index (χ0n) is 13.9. The van der Waals surface area contributed by atoms with Crippen LogP contribution in [0.25, 0.3) is 10.8 Å². The highest BCUT2D eigenvalue weighted by atomic mass is 32.1. The van der Waals surface area contributed by atoms with Gasteiger partial charge >= 0.3 is 0 Å². The first-order valence-corrected chi connectivity index (χ1v) is 9.51. The Kier molecular flexibility index (Phi) is 4.41. The molecule has 4 rings (SSSR count). The fourth-order valence-corrected chi connectivity index (χ4v) is 4.40. The highest BCUT2D eigenvalue weighted by molar-refractivity contribution is 7.13. The third-order valence-corrected chi connectivity index (χ3v) is 5.85. The van der Waals surface area contributed by atoms with Crippen LogP contribution in [0, 0.1) is 6.92 Å². The average Bonchev–Trinajstić information content (AvgIpc) is 3.25. The van der Waals surface area contributed by atoms with Crippen molar-refractivity contribution < 1.29 is 13.9 Å². The molecule has 2 unspecified atom stereocenters. The molecule has 0 radical (unpaired) electrons. The molecule has 1 saturated heterocycles. The number of fused-ring (bicyclic) bond motifs is 1. The summed E-state index contributed by atoms with van der Waals surface area (Å²) in [6.07, 6.45) is 5.03. The van der Waals surface area contributed by atoms with Gasteiger partial charge in [-0.2, -0.15) is 0 Å². The second kappa shape index (κ2) is 6.69. The van der Waals surface area contributed by atoms with Crippen LogP contribution in [0.4, 0.5) is 0 Å². The predicted octanol–water partition coefficient (Wildman–Crippen LogP) is 3.42. The van der Waals surface area contributed by atoms with E-state index in [1.807, 2.05) is 29.3 Å². The summed E-state index contributed by atoms with van der Waals surface area (Å²) >= 11 is 1.59. The number of morpholine rings is 1. The number of nitrogens with zero attached hydrogens (tertiary/aromatic N) is 2. The van der Waals surface area contributed by atoms with Crippen molar-refractivity contribution in [2.24, 2.45) is 0 Å².